The highest BCUT2D eigenvalue weighted by Gasteiger charge is 2.27. The summed E-state index contributed by atoms with van der Waals surface area (Å²) in [6.45, 7) is 0.723. The molecule has 0 amide bonds. The van der Waals surface area contributed by atoms with Crippen LogP contribution in [0.2, 0.25) is 0 Å². The van der Waals surface area contributed by atoms with Gasteiger partial charge in [-0.3, -0.25) is 9.59 Å². The van der Waals surface area contributed by atoms with Crippen molar-refractivity contribution in [3.05, 3.63) is 20.2 Å². The molecule has 0 saturated heterocycles. The van der Waals surface area contributed by atoms with Crippen LogP contribution in [0.15, 0.2) is 4.79 Å². The minimum Gasteiger partial charge on any atom is -0.327 e. The van der Waals surface area contributed by atoms with Gasteiger partial charge in [0, 0.05) is 13.6 Å². The maximum absolute atomic E-state index is 11.6. The first-order chi connectivity index (χ1) is 7.13. The van der Waals surface area contributed by atoms with E-state index in [0.29, 0.717) is 11.4 Å². The number of thiazole rings is 1. The van der Waals surface area contributed by atoms with Gasteiger partial charge in [0.25, 0.3) is 7.41 Å². The first kappa shape index (κ1) is 10.3. The summed E-state index contributed by atoms with van der Waals surface area (Å²) in [5.41, 5.74) is 0.725. The van der Waals surface area contributed by atoms with E-state index in [-0.39, 0.29) is 24.6 Å². The second-order valence-electron chi connectivity index (χ2n) is 3.46. The zero-order valence-electron chi connectivity index (χ0n) is 8.23. The number of hydrogen-bond acceptors (Lipinski definition) is 5. The first-order valence-electron chi connectivity index (χ1n) is 4.51. The highest BCUT2D eigenvalue weighted by molar-refractivity contribution is 7.11. The lowest BCUT2D eigenvalue weighted by molar-refractivity contribution is 0.0953. The Labute approximate surface area is 90.6 Å². The molecular formula is C8H9BN2O3S. The van der Waals surface area contributed by atoms with Crippen LogP contribution < -0.4 is 4.87 Å². The van der Waals surface area contributed by atoms with Crippen molar-refractivity contribution in [3.63, 3.8) is 0 Å². The predicted molar refractivity (Wildman–Crippen MR) is 58.2 cm³/mol. The van der Waals surface area contributed by atoms with Gasteiger partial charge in [0.2, 0.25) is 0 Å². The molecule has 0 spiro atoms. The van der Waals surface area contributed by atoms with Gasteiger partial charge in [-0.15, -0.1) is 0 Å². The van der Waals surface area contributed by atoms with E-state index in [1.807, 2.05) is 0 Å². The average Bonchev–Trinajstić information content (AvgIpc) is 2.46. The number of aromatic nitrogens is 1. The van der Waals surface area contributed by atoms with Crippen LogP contribution >= 0.6 is 11.3 Å². The predicted octanol–water partition coefficient (Wildman–Crippen LogP) is -1.01. The van der Waals surface area contributed by atoms with Gasteiger partial charge in [-0.05, 0) is 0 Å². The molecule has 0 aromatic carbocycles. The third-order valence-corrected chi connectivity index (χ3v) is 3.57. The zero-order chi connectivity index (χ0) is 11.0. The monoisotopic (exact) mass is 224 g/mol. The SMILES string of the molecule is Cn1c2c(sc1=O)C(=O)CN(BC=O)C2. The number of nitrogens with zero attached hydrogens (tertiary/aromatic N) is 2. The molecule has 1 aromatic rings. The molecule has 0 radical (unpaired) electrons. The molecule has 0 fully saturated rings. The summed E-state index contributed by atoms with van der Waals surface area (Å²) in [6.07, 6.45) is 0.767. The lowest BCUT2D eigenvalue weighted by atomic mass is 9.91. The molecule has 0 N–H and O–H groups in total. The molecule has 1 aliphatic rings. The summed E-state index contributed by atoms with van der Waals surface area (Å²) < 4.78 is 1.48. The molecule has 2 rings (SSSR count). The Balaban J connectivity index is 2.41. The van der Waals surface area contributed by atoms with E-state index in [1.54, 1.807) is 11.9 Å². The second-order valence-corrected chi connectivity index (χ2v) is 4.42. The van der Waals surface area contributed by atoms with Gasteiger partial charge in [-0.1, -0.05) is 11.3 Å². The van der Waals surface area contributed by atoms with Crippen LogP contribution in [0.5, 0.6) is 0 Å². The Kier molecular flexibility index (Phi) is 2.58. The normalized spacial score (nSPS) is 16.2. The maximum atomic E-state index is 11.6. The molecule has 0 bridgehead atoms. The number of carbonyl (C=O) groups is 2. The van der Waals surface area contributed by atoms with E-state index >= 15 is 0 Å². The summed E-state index contributed by atoms with van der Waals surface area (Å²) in [5.74, 6) is -0.0687. The number of ketones is 1. The Hall–Kier alpha value is -1.21. The van der Waals surface area contributed by atoms with E-state index < -0.39 is 0 Å². The van der Waals surface area contributed by atoms with Crippen molar-refractivity contribution in [2.75, 3.05) is 6.54 Å². The van der Waals surface area contributed by atoms with Crippen LogP contribution in [-0.2, 0) is 18.4 Å². The average molecular weight is 224 g/mol. The van der Waals surface area contributed by atoms with Crippen molar-refractivity contribution >= 4 is 30.7 Å². The summed E-state index contributed by atoms with van der Waals surface area (Å²) in [6, 6.07) is 0. The molecule has 15 heavy (non-hydrogen) atoms. The first-order valence-corrected chi connectivity index (χ1v) is 5.33. The number of rotatable bonds is 2. The van der Waals surface area contributed by atoms with Gasteiger partial charge >= 0.3 is 4.87 Å². The Morgan fingerprint density at radius 3 is 2.80 bits per heavy atom. The van der Waals surface area contributed by atoms with Crippen LogP contribution in [0.25, 0.3) is 0 Å². The smallest absolute Gasteiger partial charge is 0.307 e. The lowest BCUT2D eigenvalue weighted by Gasteiger charge is -2.23. The zero-order valence-corrected chi connectivity index (χ0v) is 9.04. The van der Waals surface area contributed by atoms with Crippen molar-refractivity contribution in [1.29, 1.82) is 0 Å². The molecule has 0 aliphatic carbocycles. The fourth-order valence-electron chi connectivity index (χ4n) is 1.65. The molecular weight excluding hydrogens is 215 g/mol. The minimum atomic E-state index is -0.124. The molecule has 78 valence electrons. The summed E-state index contributed by atoms with van der Waals surface area (Å²) in [7, 11) is 1.88. The maximum Gasteiger partial charge on any atom is 0.307 e. The number of carbonyl (C=O) groups excluding carboxylic acids is 2. The van der Waals surface area contributed by atoms with Crippen LogP contribution in [0.1, 0.15) is 15.4 Å². The third-order valence-electron chi connectivity index (χ3n) is 2.46. The Morgan fingerprint density at radius 2 is 2.13 bits per heavy atom. The molecule has 0 saturated carbocycles. The van der Waals surface area contributed by atoms with Crippen molar-refractivity contribution < 1.29 is 9.59 Å². The van der Waals surface area contributed by atoms with E-state index in [0.717, 1.165) is 23.2 Å². The van der Waals surface area contributed by atoms with E-state index in [9.17, 15) is 14.4 Å². The Bertz CT molecular complexity index is 479. The third kappa shape index (κ3) is 1.68. The van der Waals surface area contributed by atoms with Crippen LogP contribution in [0.4, 0.5) is 0 Å². The fourth-order valence-corrected chi connectivity index (χ4v) is 2.57. The highest BCUT2D eigenvalue weighted by atomic mass is 32.1. The summed E-state index contributed by atoms with van der Waals surface area (Å²) in [5, 5.41) is 0. The fraction of sp³-hybridized carbons (Fsp3) is 0.375. The minimum absolute atomic E-state index is 0.0687. The van der Waals surface area contributed by atoms with Crippen molar-refractivity contribution in [2.45, 2.75) is 6.54 Å². The molecule has 1 aromatic heterocycles. The van der Waals surface area contributed by atoms with E-state index in [1.165, 1.54) is 4.57 Å². The van der Waals surface area contributed by atoms with Crippen molar-refractivity contribution in [1.82, 2.24) is 9.38 Å². The second kappa shape index (κ2) is 3.75. The van der Waals surface area contributed by atoms with Crippen LogP contribution in [-0.4, -0.2) is 35.3 Å². The standard InChI is InChI=1S/C8H9BN2O3S/c1-10-5-2-11(9-4-12)3-6(13)7(5)15-8(10)14/h4,9H,2-3H2,1H3. The van der Waals surface area contributed by atoms with Gasteiger partial charge in [-0.25, -0.2) is 0 Å². The largest absolute Gasteiger partial charge is 0.327 e. The Morgan fingerprint density at radius 1 is 1.40 bits per heavy atom. The van der Waals surface area contributed by atoms with E-state index in [4.69, 9.17) is 0 Å². The van der Waals surface area contributed by atoms with Gasteiger partial charge in [0.15, 0.2) is 5.78 Å². The number of fused-ring (bicyclic) bond motifs is 1. The molecule has 7 heteroatoms. The summed E-state index contributed by atoms with van der Waals surface area (Å²) in [4.78, 5) is 35.5. The molecule has 2 heterocycles. The lowest BCUT2D eigenvalue weighted by Crippen LogP contribution is -2.38. The topological polar surface area (TPSA) is 59.4 Å². The van der Waals surface area contributed by atoms with Crippen LogP contribution in [0, 0.1) is 0 Å². The van der Waals surface area contributed by atoms with Gasteiger partial charge in [0.05, 0.1) is 23.3 Å². The number of hydrogen-bond donors (Lipinski definition) is 0. The molecule has 0 unspecified atom stereocenters. The van der Waals surface area contributed by atoms with E-state index in [2.05, 4.69) is 0 Å². The molecule has 1 aliphatic heterocycles. The van der Waals surface area contributed by atoms with Gasteiger partial charge in [0.1, 0.15) is 0 Å². The van der Waals surface area contributed by atoms with Crippen molar-refractivity contribution in [2.24, 2.45) is 7.05 Å². The summed E-state index contributed by atoms with van der Waals surface area (Å²) >= 11 is 0.988. The number of Topliss-reactive ketones (excluding diaryl/α,β-unsaturated/α-hetero) is 1. The van der Waals surface area contributed by atoms with Gasteiger partial charge in [-0.2, -0.15) is 0 Å². The highest BCUT2D eigenvalue weighted by Crippen LogP contribution is 2.19. The van der Waals surface area contributed by atoms with Crippen molar-refractivity contribution in [3.8, 4) is 0 Å². The quantitative estimate of drug-likeness (QED) is 0.477. The molecule has 5 nitrogen and oxygen atoms in total. The van der Waals surface area contributed by atoms with Gasteiger partial charge < -0.3 is 14.2 Å². The molecule has 0 atom stereocenters. The van der Waals surface area contributed by atoms with Crippen LogP contribution in [0.3, 0.4) is 0 Å².